The average molecular weight is 783 g/mol. The average Bonchev–Trinajstić information content (AvgIpc) is 3.69. The van der Waals surface area contributed by atoms with Crippen molar-refractivity contribution in [1.29, 1.82) is 0 Å². The summed E-state index contributed by atoms with van der Waals surface area (Å²) >= 11 is 6.04. The summed E-state index contributed by atoms with van der Waals surface area (Å²) in [6.45, 7) is 5.86. The summed E-state index contributed by atoms with van der Waals surface area (Å²) in [5.74, 6) is -0.558. The summed E-state index contributed by atoms with van der Waals surface area (Å²) in [5.41, 5.74) is 3.76. The van der Waals surface area contributed by atoms with Crippen LogP contribution in [0.1, 0.15) is 59.5 Å². The van der Waals surface area contributed by atoms with Gasteiger partial charge in [-0.25, -0.2) is 14.6 Å². The molecule has 1 unspecified atom stereocenters. The molecule has 2 aromatic heterocycles. The van der Waals surface area contributed by atoms with Crippen molar-refractivity contribution in [3.8, 4) is 11.5 Å². The first-order valence-corrected chi connectivity index (χ1v) is 18.4. The third kappa shape index (κ3) is 7.99. The highest BCUT2D eigenvalue weighted by Gasteiger charge is 2.47. The van der Waals surface area contributed by atoms with E-state index in [0.29, 0.717) is 29.7 Å². The van der Waals surface area contributed by atoms with E-state index in [9.17, 15) is 30.0 Å². The van der Waals surface area contributed by atoms with Crippen LogP contribution >= 0.6 is 11.6 Å². The van der Waals surface area contributed by atoms with Gasteiger partial charge in [-0.15, -0.1) is 0 Å². The highest BCUT2D eigenvalue weighted by molar-refractivity contribution is 6.30. The van der Waals surface area contributed by atoms with Gasteiger partial charge >= 0.3 is 11.9 Å². The second-order valence-electron chi connectivity index (χ2n) is 14.1. The number of carboxylic acids is 2. The number of aliphatic carboxylic acids is 1. The lowest BCUT2D eigenvalue weighted by molar-refractivity contribution is -0.287. The Morgan fingerprint density at radius 1 is 1.00 bits per heavy atom. The number of ether oxygens (including phenoxy) is 5. The summed E-state index contributed by atoms with van der Waals surface area (Å²) in [5, 5.41) is 46.4. The molecule has 55 heavy (non-hydrogen) atoms. The summed E-state index contributed by atoms with van der Waals surface area (Å²) in [6, 6.07) is 14.9. The first-order chi connectivity index (χ1) is 26.3. The third-order valence-corrected chi connectivity index (χ3v) is 10.7. The van der Waals surface area contributed by atoms with E-state index in [2.05, 4.69) is 25.3 Å². The minimum atomic E-state index is -1.67. The molecule has 4 aliphatic rings. The second kappa shape index (κ2) is 16.0. The zero-order chi connectivity index (χ0) is 39.0. The molecule has 8 rings (SSSR count). The molecule has 0 aliphatic carbocycles. The normalized spacial score (nSPS) is 28.0. The van der Waals surface area contributed by atoms with E-state index in [4.69, 9.17) is 40.6 Å². The molecule has 7 atom stereocenters. The molecule has 6 heterocycles. The van der Waals surface area contributed by atoms with Crippen LogP contribution in [0.5, 0.6) is 11.5 Å². The lowest BCUT2D eigenvalue weighted by Crippen LogP contribution is -2.60. The monoisotopic (exact) mass is 782 g/mol. The van der Waals surface area contributed by atoms with Crippen molar-refractivity contribution in [2.24, 2.45) is 0 Å². The Balaban J connectivity index is 0.000000282. The molecule has 16 nitrogen and oxygen atoms in total. The number of aliphatic hydroxyl groups is 3. The standard InChI is InChI=1S/C31H31ClN4O5.C7H12O7/c1-31(27-8-6-21(32)16-33-27)40-26-4-2-3-23(29(26)41-31)19-9-12-35(13-10-19)18-28-34-24-7-5-20(30(37)38)15-25(24)36(28)17-22-11-14-39-22;1-13-7-4(10)2(8)3(9)5(14-7)6(11)12/h2-8,15-16,19,22H,9-14,17-18H2,1H3,(H,37,38);2-5,7-10H,1H3,(H,11,12)/t22?,31-;2-,3-,4+,5-,7+/m00/s1. The van der Waals surface area contributed by atoms with Gasteiger partial charge in [-0.3, -0.25) is 9.88 Å². The summed E-state index contributed by atoms with van der Waals surface area (Å²) in [7, 11) is 1.19. The van der Waals surface area contributed by atoms with Crippen LogP contribution in [0.2, 0.25) is 5.02 Å². The zero-order valence-corrected chi connectivity index (χ0v) is 30.9. The van der Waals surface area contributed by atoms with Crippen molar-refractivity contribution in [2.45, 2.75) is 87.8 Å². The molecule has 0 bridgehead atoms. The SMILES string of the molecule is CO[C@@H]1O[C@H](C(=O)O)[C@@H](O)[C@H](O)[C@H]1O.C[C@]1(c2ccc(Cl)cn2)Oc2cccc(C3CCN(Cc4nc5ccc(C(=O)O)cc5n4CC4CCO4)CC3)c2O1. The van der Waals surface area contributed by atoms with Gasteiger partial charge in [0.15, 0.2) is 23.9 Å². The number of methoxy groups -OCH3 is 1. The van der Waals surface area contributed by atoms with E-state index in [1.54, 1.807) is 30.5 Å². The van der Waals surface area contributed by atoms with E-state index in [1.165, 1.54) is 7.11 Å². The number of imidazole rings is 1. The van der Waals surface area contributed by atoms with Gasteiger partial charge in [0.25, 0.3) is 5.79 Å². The van der Waals surface area contributed by atoms with Gasteiger partial charge < -0.3 is 53.8 Å². The predicted octanol–water partition coefficient (Wildman–Crippen LogP) is 3.12. The van der Waals surface area contributed by atoms with Gasteiger partial charge in [-0.05, 0) is 74.7 Å². The molecule has 2 aromatic carbocycles. The molecular weight excluding hydrogens is 740 g/mol. The maximum absolute atomic E-state index is 11.6. The van der Waals surface area contributed by atoms with Crippen molar-refractivity contribution >= 4 is 34.6 Å². The van der Waals surface area contributed by atoms with Crippen LogP contribution in [0.3, 0.4) is 0 Å². The number of pyridine rings is 1. The van der Waals surface area contributed by atoms with Gasteiger partial charge in [-0.2, -0.15) is 0 Å². The number of aromatic nitrogens is 3. The molecular formula is C38H43ClN4O12. The molecule has 4 aliphatic heterocycles. The van der Waals surface area contributed by atoms with E-state index in [0.717, 1.165) is 72.9 Å². The van der Waals surface area contributed by atoms with E-state index < -0.39 is 48.4 Å². The molecule has 5 N–H and O–H groups in total. The Morgan fingerprint density at radius 3 is 2.40 bits per heavy atom. The number of para-hydroxylation sites is 1. The second-order valence-corrected chi connectivity index (χ2v) is 14.6. The van der Waals surface area contributed by atoms with Crippen LogP contribution in [-0.4, -0.2) is 121 Å². The maximum Gasteiger partial charge on any atom is 0.335 e. The van der Waals surface area contributed by atoms with Crippen molar-refractivity contribution < 1.29 is 58.8 Å². The van der Waals surface area contributed by atoms with Gasteiger partial charge in [0.05, 0.1) is 40.8 Å². The Kier molecular flexibility index (Phi) is 11.3. The fourth-order valence-corrected chi connectivity index (χ4v) is 7.44. The van der Waals surface area contributed by atoms with Gasteiger partial charge in [-0.1, -0.05) is 23.7 Å². The predicted molar refractivity (Wildman–Crippen MR) is 194 cm³/mol. The number of halogens is 1. The topological polar surface area (TPSA) is 215 Å². The van der Waals surface area contributed by atoms with Crippen molar-refractivity contribution in [2.75, 3.05) is 26.8 Å². The number of aromatic carboxylic acids is 1. The largest absolute Gasteiger partial charge is 0.479 e. The Bertz CT molecular complexity index is 2020. The van der Waals surface area contributed by atoms with Crippen LogP contribution in [-0.2, 0) is 37.9 Å². The molecule has 0 radical (unpaired) electrons. The number of benzene rings is 2. The number of carboxylic acid groups (broad SMARTS) is 2. The van der Waals surface area contributed by atoms with Gasteiger partial charge in [0, 0.05) is 32.4 Å². The van der Waals surface area contributed by atoms with E-state index in [-0.39, 0.29) is 11.7 Å². The summed E-state index contributed by atoms with van der Waals surface area (Å²) < 4.78 is 29.9. The first kappa shape index (κ1) is 38.9. The lowest BCUT2D eigenvalue weighted by atomic mass is 9.88. The fourth-order valence-electron chi connectivity index (χ4n) is 7.33. The van der Waals surface area contributed by atoms with Crippen molar-refractivity contribution in [3.05, 3.63) is 82.4 Å². The lowest BCUT2D eigenvalue weighted by Gasteiger charge is -2.37. The maximum atomic E-state index is 11.6. The van der Waals surface area contributed by atoms with Crippen molar-refractivity contribution in [3.63, 3.8) is 0 Å². The number of rotatable bonds is 9. The molecule has 3 saturated heterocycles. The Hall–Kier alpha value is -4.39. The molecule has 3 fully saturated rings. The quantitative estimate of drug-likeness (QED) is 0.165. The summed E-state index contributed by atoms with van der Waals surface area (Å²) in [4.78, 5) is 33.9. The molecule has 0 amide bonds. The van der Waals surface area contributed by atoms with E-state index in [1.807, 2.05) is 25.1 Å². The molecule has 0 saturated carbocycles. The third-order valence-electron chi connectivity index (χ3n) is 10.5. The minimum Gasteiger partial charge on any atom is -0.479 e. The molecule has 0 spiro atoms. The number of hydrogen-bond acceptors (Lipinski definition) is 13. The number of aliphatic hydroxyl groups excluding tert-OH is 3. The number of hydrogen-bond donors (Lipinski definition) is 5. The van der Waals surface area contributed by atoms with Gasteiger partial charge in [0.2, 0.25) is 0 Å². The smallest absolute Gasteiger partial charge is 0.335 e. The van der Waals surface area contributed by atoms with Crippen LogP contribution in [0, 0.1) is 0 Å². The van der Waals surface area contributed by atoms with Crippen LogP contribution < -0.4 is 9.47 Å². The van der Waals surface area contributed by atoms with Crippen LogP contribution in [0.25, 0.3) is 11.0 Å². The van der Waals surface area contributed by atoms with Crippen LogP contribution in [0.15, 0.2) is 54.7 Å². The zero-order valence-electron chi connectivity index (χ0n) is 30.2. The minimum absolute atomic E-state index is 0.140. The summed E-state index contributed by atoms with van der Waals surface area (Å²) in [6.07, 6.45) is -2.89. The van der Waals surface area contributed by atoms with Gasteiger partial charge in [0.1, 0.15) is 29.8 Å². The molecule has 4 aromatic rings. The highest BCUT2D eigenvalue weighted by Crippen LogP contribution is 2.49. The van der Waals surface area contributed by atoms with E-state index >= 15 is 0 Å². The fraction of sp³-hybridized carbons (Fsp3) is 0.474. The number of likely N-dealkylation sites (tertiary alicyclic amines) is 1. The molecule has 17 heteroatoms. The Morgan fingerprint density at radius 2 is 1.76 bits per heavy atom. The molecule has 294 valence electrons. The first-order valence-electron chi connectivity index (χ1n) is 18.0. The Labute approximate surface area is 320 Å². The highest BCUT2D eigenvalue weighted by atomic mass is 35.5. The van der Waals surface area contributed by atoms with Crippen LogP contribution in [0.4, 0.5) is 0 Å². The number of nitrogens with zero attached hydrogens (tertiary/aromatic N) is 4. The number of piperidine rings is 1. The number of fused-ring (bicyclic) bond motifs is 2. The number of carbonyl (C=O) groups is 2. The van der Waals surface area contributed by atoms with Crippen molar-refractivity contribution in [1.82, 2.24) is 19.4 Å².